The number of nitrogens with zero attached hydrogens (tertiary/aromatic N) is 1. The third kappa shape index (κ3) is 4.80. The van der Waals surface area contributed by atoms with Crippen molar-refractivity contribution in [2.24, 2.45) is 0 Å². The van der Waals surface area contributed by atoms with E-state index in [2.05, 4.69) is 15.9 Å². The second-order valence-corrected chi connectivity index (χ2v) is 8.17. The Morgan fingerprint density at radius 1 is 1.20 bits per heavy atom. The number of sulfonamides is 1. The fourth-order valence-electron chi connectivity index (χ4n) is 1.88. The lowest BCUT2D eigenvalue weighted by Crippen LogP contribution is -2.26. The number of rotatable bonds is 6. The van der Waals surface area contributed by atoms with Gasteiger partial charge in [-0.1, -0.05) is 28.2 Å². The zero-order valence-electron chi connectivity index (χ0n) is 13.4. The van der Waals surface area contributed by atoms with E-state index in [1.807, 2.05) is 0 Å². The van der Waals surface area contributed by atoms with Crippen molar-refractivity contribution in [3.63, 3.8) is 0 Å². The molecule has 0 aromatic heterocycles. The first-order valence-corrected chi connectivity index (χ1v) is 9.61. The highest BCUT2D eigenvalue weighted by atomic mass is 79.9. The van der Waals surface area contributed by atoms with Crippen LogP contribution in [0.5, 0.6) is 0 Å². The van der Waals surface area contributed by atoms with Crippen molar-refractivity contribution in [3.8, 4) is 0 Å². The van der Waals surface area contributed by atoms with Crippen LogP contribution in [0.4, 0.5) is 0 Å². The summed E-state index contributed by atoms with van der Waals surface area (Å²) in [7, 11) is -1.37. The van der Waals surface area contributed by atoms with Crippen molar-refractivity contribution in [1.82, 2.24) is 4.47 Å². The smallest absolute Gasteiger partial charge is 0.339 e. The summed E-state index contributed by atoms with van der Waals surface area (Å²) in [6.07, 6.45) is 0. The van der Waals surface area contributed by atoms with Gasteiger partial charge in [-0.25, -0.2) is 13.2 Å². The van der Waals surface area contributed by atoms with Crippen LogP contribution in [-0.2, 0) is 26.2 Å². The number of hydrogen-bond donors (Lipinski definition) is 0. The molecule has 0 atom stereocenters. The van der Waals surface area contributed by atoms with Crippen molar-refractivity contribution in [2.45, 2.75) is 11.5 Å². The van der Waals surface area contributed by atoms with Crippen molar-refractivity contribution in [1.29, 1.82) is 0 Å². The molecule has 0 aliphatic carbocycles. The van der Waals surface area contributed by atoms with Crippen LogP contribution in [0.1, 0.15) is 15.9 Å². The summed E-state index contributed by atoms with van der Waals surface area (Å²) >= 11 is 9.03. The maximum atomic E-state index is 12.3. The van der Waals surface area contributed by atoms with E-state index in [1.165, 1.54) is 32.4 Å². The predicted octanol–water partition coefficient (Wildman–Crippen LogP) is 3.64. The molecule has 0 aliphatic rings. The van der Waals surface area contributed by atoms with E-state index in [0.29, 0.717) is 14.0 Å². The summed E-state index contributed by atoms with van der Waals surface area (Å²) in [6, 6.07) is 10.9. The van der Waals surface area contributed by atoms with Gasteiger partial charge in [0.05, 0.1) is 17.6 Å². The Bertz CT molecular complexity index is 871. The lowest BCUT2D eigenvalue weighted by molar-refractivity contribution is -0.0258. The van der Waals surface area contributed by atoms with Gasteiger partial charge in [0.15, 0.2) is 0 Å². The van der Waals surface area contributed by atoms with Gasteiger partial charge >= 0.3 is 5.97 Å². The molecular formula is C16H15BrClNO5S. The molecule has 0 saturated heterocycles. The Balaban J connectivity index is 2.22. The van der Waals surface area contributed by atoms with Gasteiger partial charge in [0.25, 0.3) is 10.0 Å². The highest BCUT2D eigenvalue weighted by Crippen LogP contribution is 2.24. The maximum Gasteiger partial charge on any atom is 0.339 e. The van der Waals surface area contributed by atoms with E-state index in [4.69, 9.17) is 21.2 Å². The summed E-state index contributed by atoms with van der Waals surface area (Å²) in [5.74, 6) is -0.654. The number of halogens is 2. The van der Waals surface area contributed by atoms with E-state index in [1.54, 1.807) is 24.3 Å². The number of benzene rings is 2. The highest BCUT2D eigenvalue weighted by Gasteiger charge is 2.23. The molecule has 0 N–H and O–H groups in total. The molecule has 0 spiro atoms. The molecule has 0 bridgehead atoms. The van der Waals surface area contributed by atoms with Gasteiger partial charge in [-0.15, -0.1) is 0 Å². The Morgan fingerprint density at radius 2 is 1.84 bits per heavy atom. The molecule has 134 valence electrons. The van der Waals surface area contributed by atoms with Crippen LogP contribution in [0, 0.1) is 0 Å². The highest BCUT2D eigenvalue weighted by molar-refractivity contribution is 9.10. The molecule has 0 saturated carbocycles. The molecule has 0 heterocycles. The van der Waals surface area contributed by atoms with Crippen LogP contribution in [0.15, 0.2) is 51.8 Å². The molecule has 0 fully saturated rings. The number of carbonyl (C=O) groups is 1. The zero-order valence-corrected chi connectivity index (χ0v) is 16.6. The number of hydroxylamine groups is 1. The summed E-state index contributed by atoms with van der Waals surface area (Å²) in [5, 5.41) is 0.581. The molecule has 9 heteroatoms. The average molecular weight is 449 g/mol. The van der Waals surface area contributed by atoms with Crippen LogP contribution >= 0.6 is 27.5 Å². The lowest BCUT2D eigenvalue weighted by atomic mass is 10.2. The van der Waals surface area contributed by atoms with E-state index >= 15 is 0 Å². The van der Waals surface area contributed by atoms with E-state index in [-0.39, 0.29) is 17.1 Å². The van der Waals surface area contributed by atoms with Gasteiger partial charge in [-0.2, -0.15) is 0 Å². The summed E-state index contributed by atoms with van der Waals surface area (Å²) < 4.78 is 30.9. The molecule has 0 aliphatic heterocycles. The minimum atomic E-state index is -3.87. The summed E-state index contributed by atoms with van der Waals surface area (Å²) in [5.41, 5.74) is 0.858. The molecule has 2 aromatic carbocycles. The van der Waals surface area contributed by atoms with Crippen LogP contribution in [0.25, 0.3) is 0 Å². The fourth-order valence-corrected chi connectivity index (χ4v) is 3.41. The third-order valence-corrected chi connectivity index (χ3v) is 5.95. The average Bonchev–Trinajstić information content (AvgIpc) is 2.60. The van der Waals surface area contributed by atoms with Crippen LogP contribution in [-0.4, -0.2) is 33.0 Å². The molecule has 6 nitrogen and oxygen atoms in total. The van der Waals surface area contributed by atoms with E-state index < -0.39 is 16.0 Å². The topological polar surface area (TPSA) is 72.9 Å². The molecule has 0 radical (unpaired) electrons. The first kappa shape index (κ1) is 19.9. The maximum absolute atomic E-state index is 12.3. The van der Waals surface area contributed by atoms with E-state index in [9.17, 15) is 13.2 Å². The number of carbonyl (C=O) groups excluding carboxylic acids is 1. The van der Waals surface area contributed by atoms with Gasteiger partial charge in [0.1, 0.15) is 6.61 Å². The Hall–Kier alpha value is -1.45. The van der Waals surface area contributed by atoms with Crippen molar-refractivity contribution in [3.05, 3.63) is 63.1 Å². The van der Waals surface area contributed by atoms with Gasteiger partial charge in [0.2, 0.25) is 0 Å². The van der Waals surface area contributed by atoms with E-state index in [0.717, 1.165) is 5.56 Å². The number of esters is 1. The van der Waals surface area contributed by atoms with Gasteiger partial charge < -0.3 is 4.74 Å². The number of ether oxygens (including phenoxy) is 1. The minimum Gasteiger partial charge on any atom is -0.457 e. The molecule has 2 aromatic rings. The van der Waals surface area contributed by atoms with Crippen LogP contribution in [0.3, 0.4) is 0 Å². The third-order valence-electron chi connectivity index (χ3n) is 3.33. The van der Waals surface area contributed by atoms with Crippen molar-refractivity contribution >= 4 is 43.5 Å². The molecule has 0 unspecified atom stereocenters. The fraction of sp³-hybridized carbons (Fsp3) is 0.188. The summed E-state index contributed by atoms with van der Waals surface area (Å²) in [6.45, 7) is 0.0391. The molecular weight excluding hydrogens is 434 g/mol. The predicted molar refractivity (Wildman–Crippen MR) is 96.7 cm³/mol. The molecule has 2 rings (SSSR count). The van der Waals surface area contributed by atoms with Gasteiger partial charge in [0, 0.05) is 16.5 Å². The SMILES string of the molecule is CON(C)S(=O)(=O)c1ccc(Br)c(C(=O)OCc2ccc(Cl)cc2)c1. The first-order chi connectivity index (χ1) is 11.8. The quantitative estimate of drug-likeness (QED) is 0.498. The van der Waals surface area contributed by atoms with Crippen LogP contribution in [0.2, 0.25) is 5.02 Å². The first-order valence-electron chi connectivity index (χ1n) is 7.00. The van der Waals surface area contributed by atoms with Crippen molar-refractivity contribution < 1.29 is 22.8 Å². The second-order valence-electron chi connectivity index (χ2n) is 4.94. The second kappa shape index (κ2) is 8.29. The normalized spacial score (nSPS) is 11.6. The lowest BCUT2D eigenvalue weighted by Gasteiger charge is -2.15. The standard InChI is InChI=1S/C16H15BrClNO5S/c1-19(23-2)25(21,22)13-7-8-15(17)14(9-13)16(20)24-10-11-3-5-12(18)6-4-11/h3-9H,10H2,1-2H3. The largest absolute Gasteiger partial charge is 0.457 e. The van der Waals surface area contributed by atoms with Gasteiger partial charge in [-0.05, 0) is 51.8 Å². The Morgan fingerprint density at radius 3 is 2.44 bits per heavy atom. The summed E-state index contributed by atoms with van der Waals surface area (Å²) in [4.78, 5) is 16.9. The molecule has 25 heavy (non-hydrogen) atoms. The van der Waals surface area contributed by atoms with Gasteiger partial charge in [-0.3, -0.25) is 4.84 Å². The Labute approximate surface area is 159 Å². The monoisotopic (exact) mass is 447 g/mol. The zero-order chi connectivity index (χ0) is 18.6. The van der Waals surface area contributed by atoms with Crippen LogP contribution < -0.4 is 0 Å². The minimum absolute atomic E-state index is 0.0391. The van der Waals surface area contributed by atoms with Crippen molar-refractivity contribution in [2.75, 3.05) is 14.2 Å². The number of hydrogen-bond acceptors (Lipinski definition) is 5. The Kier molecular flexibility index (Phi) is 6.59. The molecule has 0 amide bonds.